The van der Waals surface area contributed by atoms with E-state index in [1.165, 1.54) is 11.3 Å². The van der Waals surface area contributed by atoms with Gasteiger partial charge in [0.05, 0.1) is 71.9 Å². The Hall–Kier alpha value is -8.70. The maximum Gasteiger partial charge on any atom is 0.148 e. The molecule has 0 aliphatic carbocycles. The van der Waals surface area contributed by atoms with E-state index in [4.69, 9.17) is 18.9 Å². The first-order valence-corrected chi connectivity index (χ1v) is 29.7. The van der Waals surface area contributed by atoms with Crippen LogP contribution < -0.4 is 18.9 Å². The SMILES string of the molecule is CCCCCCOc1cc(C#Cc2cccc(C#N)c2)c(OCCCCCC)cc1C#Cc1ccc(-c2nnc(-c3ccc(C#Cc4cc(OCCCCCC)c(C#Cc5cccc(C#N)c5)cc4OCCCCCC)cc3)s2)cc1. The molecule has 7 rings (SSSR count). The van der Waals surface area contributed by atoms with Crippen molar-refractivity contribution in [3.05, 3.63) is 177 Å². The van der Waals surface area contributed by atoms with Gasteiger partial charge in [-0.2, -0.15) is 10.5 Å². The van der Waals surface area contributed by atoms with Crippen LogP contribution in [0.15, 0.2) is 121 Å². The zero-order valence-corrected chi connectivity index (χ0v) is 48.3. The van der Waals surface area contributed by atoms with Gasteiger partial charge in [-0.15, -0.1) is 10.2 Å². The number of benzene rings is 6. The molecule has 0 N–H and O–H groups in total. The van der Waals surface area contributed by atoms with Gasteiger partial charge >= 0.3 is 0 Å². The largest absolute Gasteiger partial charge is 0.492 e. The Kier molecular flexibility index (Phi) is 24.9. The molecule has 7 aromatic rings. The van der Waals surface area contributed by atoms with Crippen molar-refractivity contribution < 1.29 is 18.9 Å². The van der Waals surface area contributed by atoms with Crippen molar-refractivity contribution in [3.63, 3.8) is 0 Å². The van der Waals surface area contributed by atoms with E-state index in [2.05, 4.69) is 97.4 Å². The molecule has 0 saturated heterocycles. The van der Waals surface area contributed by atoms with Gasteiger partial charge in [-0.05, 0) is 86.3 Å². The number of unbranched alkanes of at least 4 members (excludes halogenated alkanes) is 12. The minimum absolute atomic E-state index is 0.564. The molecule has 6 aromatic carbocycles. The molecule has 0 unspecified atom stereocenters. The zero-order valence-electron chi connectivity index (χ0n) is 47.5. The number of nitriles is 2. The first-order chi connectivity index (χ1) is 39.9. The van der Waals surface area contributed by atoms with Gasteiger partial charge in [0.25, 0.3) is 0 Å². The van der Waals surface area contributed by atoms with E-state index in [1.807, 2.05) is 97.1 Å². The summed E-state index contributed by atoms with van der Waals surface area (Å²) in [5, 5.41) is 29.7. The van der Waals surface area contributed by atoms with Crippen LogP contribution in [0.25, 0.3) is 21.1 Å². The quantitative estimate of drug-likeness (QED) is 0.0390. The molecule has 1 aromatic heterocycles. The maximum absolute atomic E-state index is 9.47. The van der Waals surface area contributed by atoms with E-state index in [0.717, 1.165) is 168 Å². The number of nitrogens with zero attached hydrogens (tertiary/aromatic N) is 4. The molecule has 410 valence electrons. The predicted molar refractivity (Wildman–Crippen MR) is 328 cm³/mol. The van der Waals surface area contributed by atoms with Gasteiger partial charge in [0.1, 0.15) is 33.0 Å². The zero-order chi connectivity index (χ0) is 56.7. The summed E-state index contributed by atoms with van der Waals surface area (Å²) in [6, 6.07) is 43.0. The van der Waals surface area contributed by atoms with Gasteiger partial charge in [0.15, 0.2) is 0 Å². The Labute approximate surface area is 485 Å². The minimum atomic E-state index is 0.564. The van der Waals surface area contributed by atoms with Crippen LogP contribution in [0.3, 0.4) is 0 Å². The molecule has 1 heterocycles. The molecule has 8 nitrogen and oxygen atoms in total. The Morgan fingerprint density at radius 1 is 0.333 bits per heavy atom. The first-order valence-electron chi connectivity index (χ1n) is 28.9. The van der Waals surface area contributed by atoms with E-state index in [0.29, 0.717) is 60.6 Å². The van der Waals surface area contributed by atoms with Gasteiger partial charge in [0, 0.05) is 57.6 Å². The van der Waals surface area contributed by atoms with Crippen LogP contribution in [-0.2, 0) is 0 Å². The standard InChI is InChI=1S/C72H72N4O4S/c1-5-9-13-17-43-77-67-51-65(41-33-57-23-21-25-59(47-57)53-73)69(79-45-19-15-11-7-3)49-63(67)39-31-55-27-35-61(36-28-55)71-75-76-72(81-71)62-37-29-56(30-38-62)32-40-64-50-70(80-46-20-16-12-8-4)66(52-68(64)78-44-18-14-10-6-2)42-34-58-24-22-26-60(48-58)54-74/h21-30,35-38,47-52H,5-20,43-46H2,1-4H3. The van der Waals surface area contributed by atoms with E-state index < -0.39 is 0 Å². The lowest BCUT2D eigenvalue weighted by molar-refractivity contribution is 0.295. The Bertz CT molecular complexity index is 3270. The van der Waals surface area contributed by atoms with Crippen molar-refractivity contribution in [1.29, 1.82) is 10.5 Å². The molecule has 0 aliphatic heterocycles. The van der Waals surface area contributed by atoms with Crippen LogP contribution in [-0.4, -0.2) is 36.6 Å². The van der Waals surface area contributed by atoms with Crippen molar-refractivity contribution in [2.45, 2.75) is 130 Å². The molecular weight excluding hydrogens is 1020 g/mol. The van der Waals surface area contributed by atoms with Crippen LogP contribution >= 0.6 is 11.3 Å². The van der Waals surface area contributed by atoms with E-state index in [-0.39, 0.29) is 0 Å². The first kappa shape index (κ1) is 60.0. The van der Waals surface area contributed by atoms with Crippen LogP contribution in [0.1, 0.15) is 186 Å². The molecule has 0 fully saturated rings. The van der Waals surface area contributed by atoms with Gasteiger partial charge in [-0.25, -0.2) is 0 Å². The van der Waals surface area contributed by atoms with Crippen LogP contribution in [0, 0.1) is 70.0 Å². The van der Waals surface area contributed by atoms with Gasteiger partial charge < -0.3 is 18.9 Å². The summed E-state index contributed by atoms with van der Waals surface area (Å²) in [5.74, 6) is 29.3. The van der Waals surface area contributed by atoms with Crippen molar-refractivity contribution in [2.24, 2.45) is 0 Å². The fraction of sp³-hybridized carbons (Fsp3) is 0.333. The predicted octanol–water partition coefficient (Wildman–Crippen LogP) is 17.1. The average Bonchev–Trinajstić information content (AvgIpc) is 4.01. The highest BCUT2D eigenvalue weighted by atomic mass is 32.1. The highest BCUT2D eigenvalue weighted by Gasteiger charge is 2.14. The molecular formula is C72H72N4O4S. The smallest absolute Gasteiger partial charge is 0.148 e. The number of hydrogen-bond acceptors (Lipinski definition) is 9. The molecule has 0 bridgehead atoms. The van der Waals surface area contributed by atoms with Crippen molar-refractivity contribution in [3.8, 4) is 104 Å². The molecule has 0 radical (unpaired) electrons. The topological polar surface area (TPSA) is 110 Å². The van der Waals surface area contributed by atoms with Crippen molar-refractivity contribution >= 4 is 11.3 Å². The third-order valence-corrected chi connectivity index (χ3v) is 14.2. The Balaban J connectivity index is 1.10. The lowest BCUT2D eigenvalue weighted by Crippen LogP contribution is -2.03. The number of rotatable bonds is 26. The molecule has 0 amide bonds. The van der Waals surface area contributed by atoms with Gasteiger partial charge in [0.2, 0.25) is 0 Å². The van der Waals surface area contributed by atoms with Crippen LogP contribution in [0.5, 0.6) is 23.0 Å². The lowest BCUT2D eigenvalue weighted by atomic mass is 10.1. The minimum Gasteiger partial charge on any atom is -0.492 e. The summed E-state index contributed by atoms with van der Waals surface area (Å²) in [6.07, 6.45) is 17.3. The highest BCUT2D eigenvalue weighted by Crippen LogP contribution is 2.33. The molecule has 9 heteroatoms. The third kappa shape index (κ3) is 19.6. The number of aromatic nitrogens is 2. The monoisotopic (exact) mass is 1090 g/mol. The number of ether oxygens (including phenoxy) is 4. The van der Waals surface area contributed by atoms with Crippen LogP contribution in [0.4, 0.5) is 0 Å². The Morgan fingerprint density at radius 2 is 0.630 bits per heavy atom. The van der Waals surface area contributed by atoms with Crippen molar-refractivity contribution in [1.82, 2.24) is 10.2 Å². The molecule has 0 saturated carbocycles. The molecule has 0 spiro atoms. The summed E-state index contributed by atoms with van der Waals surface area (Å²) in [4.78, 5) is 0. The fourth-order valence-corrected chi connectivity index (χ4v) is 9.43. The van der Waals surface area contributed by atoms with Gasteiger partial charge in [-0.3, -0.25) is 0 Å². The fourth-order valence-electron chi connectivity index (χ4n) is 8.57. The molecule has 0 aliphatic rings. The van der Waals surface area contributed by atoms with Crippen molar-refractivity contribution in [2.75, 3.05) is 26.4 Å². The number of hydrogen-bond donors (Lipinski definition) is 0. The van der Waals surface area contributed by atoms with E-state index in [1.54, 1.807) is 24.3 Å². The van der Waals surface area contributed by atoms with Crippen LogP contribution in [0.2, 0.25) is 0 Å². The lowest BCUT2D eigenvalue weighted by Gasteiger charge is -2.14. The second-order valence-corrected chi connectivity index (χ2v) is 20.8. The maximum atomic E-state index is 9.47. The second kappa shape index (κ2) is 33.7. The Morgan fingerprint density at radius 3 is 0.926 bits per heavy atom. The summed E-state index contributed by atoms with van der Waals surface area (Å²) < 4.78 is 25.7. The third-order valence-electron chi connectivity index (χ3n) is 13.2. The summed E-state index contributed by atoms with van der Waals surface area (Å²) in [7, 11) is 0. The van der Waals surface area contributed by atoms with Gasteiger partial charge in [-0.1, -0.05) is 200 Å². The summed E-state index contributed by atoms with van der Waals surface area (Å²) in [6.45, 7) is 11.1. The summed E-state index contributed by atoms with van der Waals surface area (Å²) >= 11 is 1.53. The molecule has 0 atom stereocenters. The highest BCUT2D eigenvalue weighted by molar-refractivity contribution is 7.17. The van der Waals surface area contributed by atoms with E-state index in [9.17, 15) is 10.5 Å². The molecule has 81 heavy (non-hydrogen) atoms. The normalized spacial score (nSPS) is 10.3. The summed E-state index contributed by atoms with van der Waals surface area (Å²) in [5.41, 5.74) is 9.12. The second-order valence-electron chi connectivity index (χ2n) is 19.8. The average molecular weight is 1090 g/mol. The van der Waals surface area contributed by atoms with E-state index >= 15 is 0 Å².